The third-order valence-corrected chi connectivity index (χ3v) is 5.28. The summed E-state index contributed by atoms with van der Waals surface area (Å²) in [6.07, 6.45) is 7.14. The second-order valence-electron chi connectivity index (χ2n) is 6.71. The Morgan fingerprint density at radius 3 is 2.69 bits per heavy atom. The third-order valence-electron chi connectivity index (χ3n) is 4.95. The van der Waals surface area contributed by atoms with Gasteiger partial charge in [-0.15, -0.1) is 0 Å². The van der Waals surface area contributed by atoms with Crippen LogP contribution in [0.1, 0.15) is 41.6 Å². The van der Waals surface area contributed by atoms with Gasteiger partial charge in [0.2, 0.25) is 0 Å². The van der Waals surface area contributed by atoms with E-state index in [-0.39, 0.29) is 11.8 Å². The molecule has 1 aliphatic carbocycles. The summed E-state index contributed by atoms with van der Waals surface area (Å²) < 4.78 is 0. The van der Waals surface area contributed by atoms with Crippen molar-refractivity contribution < 1.29 is 4.79 Å². The van der Waals surface area contributed by atoms with Crippen molar-refractivity contribution in [2.75, 3.05) is 5.32 Å². The average Bonchev–Trinajstić information content (AvgIpc) is 3.09. The lowest BCUT2D eigenvalue weighted by molar-refractivity contribution is 0.104. The minimum absolute atomic E-state index is 0.148. The summed E-state index contributed by atoms with van der Waals surface area (Å²) in [7, 11) is 0. The third kappa shape index (κ3) is 3.18. The van der Waals surface area contributed by atoms with E-state index in [1.165, 1.54) is 6.33 Å². The SMILES string of the molecule is N[C@H]1CC[C@H](Nc2ncnc3[nH]cc(C(=O)c4ccccc4Cl)c23)CC1. The van der Waals surface area contributed by atoms with E-state index < -0.39 is 0 Å². The maximum Gasteiger partial charge on any atom is 0.196 e. The molecular weight excluding hydrogens is 350 g/mol. The van der Waals surface area contributed by atoms with Crippen LogP contribution in [-0.4, -0.2) is 32.8 Å². The summed E-state index contributed by atoms with van der Waals surface area (Å²) in [5.41, 5.74) is 7.60. The summed E-state index contributed by atoms with van der Waals surface area (Å²) in [6, 6.07) is 7.62. The lowest BCUT2D eigenvalue weighted by atomic mass is 9.92. The molecule has 134 valence electrons. The Kier molecular flexibility index (Phi) is 4.61. The van der Waals surface area contributed by atoms with Crippen molar-refractivity contribution in [3.63, 3.8) is 0 Å². The molecule has 3 aromatic rings. The van der Waals surface area contributed by atoms with Gasteiger partial charge in [0, 0.05) is 23.8 Å². The summed E-state index contributed by atoms with van der Waals surface area (Å²) in [4.78, 5) is 24.7. The lowest BCUT2D eigenvalue weighted by Gasteiger charge is -2.27. The number of hydrogen-bond donors (Lipinski definition) is 3. The molecule has 0 saturated heterocycles. The lowest BCUT2D eigenvalue weighted by Crippen LogP contribution is -2.33. The minimum atomic E-state index is -0.148. The zero-order valence-corrected chi connectivity index (χ0v) is 15.0. The Labute approximate surface area is 156 Å². The first-order chi connectivity index (χ1) is 12.6. The van der Waals surface area contributed by atoms with E-state index in [4.69, 9.17) is 17.3 Å². The van der Waals surface area contributed by atoms with Gasteiger partial charge >= 0.3 is 0 Å². The fourth-order valence-corrected chi connectivity index (χ4v) is 3.72. The van der Waals surface area contributed by atoms with Gasteiger partial charge in [0.05, 0.1) is 16.0 Å². The number of benzene rings is 1. The number of halogens is 1. The predicted octanol–water partition coefficient (Wildman–Crippen LogP) is 3.52. The Balaban J connectivity index is 1.71. The van der Waals surface area contributed by atoms with Crippen LogP contribution < -0.4 is 11.1 Å². The van der Waals surface area contributed by atoms with Crippen LogP contribution in [0.2, 0.25) is 5.02 Å². The van der Waals surface area contributed by atoms with Gasteiger partial charge in [0.25, 0.3) is 0 Å². The van der Waals surface area contributed by atoms with E-state index >= 15 is 0 Å². The molecule has 7 heteroatoms. The van der Waals surface area contributed by atoms with E-state index in [0.717, 1.165) is 25.7 Å². The number of hydrogen-bond acceptors (Lipinski definition) is 5. The van der Waals surface area contributed by atoms with Crippen LogP contribution in [0.15, 0.2) is 36.8 Å². The Hall–Kier alpha value is -2.44. The highest BCUT2D eigenvalue weighted by Crippen LogP contribution is 2.29. The topological polar surface area (TPSA) is 96.7 Å². The number of fused-ring (bicyclic) bond motifs is 1. The van der Waals surface area contributed by atoms with Crippen molar-refractivity contribution >= 4 is 34.2 Å². The summed E-state index contributed by atoms with van der Waals surface area (Å²) >= 11 is 6.21. The number of aromatic amines is 1. The number of anilines is 1. The molecule has 4 N–H and O–H groups in total. The second-order valence-corrected chi connectivity index (χ2v) is 7.12. The molecule has 26 heavy (non-hydrogen) atoms. The number of ketones is 1. The van der Waals surface area contributed by atoms with Gasteiger partial charge in [-0.1, -0.05) is 23.7 Å². The molecule has 0 bridgehead atoms. The van der Waals surface area contributed by atoms with Crippen molar-refractivity contribution in [1.82, 2.24) is 15.0 Å². The average molecular weight is 370 g/mol. The minimum Gasteiger partial charge on any atom is -0.367 e. The van der Waals surface area contributed by atoms with Crippen molar-refractivity contribution in [3.05, 3.63) is 52.9 Å². The number of nitrogens with two attached hydrogens (primary N) is 1. The molecule has 0 spiro atoms. The summed E-state index contributed by atoms with van der Waals surface area (Å²) in [5, 5.41) is 4.61. The second kappa shape index (κ2) is 7.05. The molecule has 2 heterocycles. The zero-order valence-electron chi connectivity index (χ0n) is 14.2. The first kappa shape index (κ1) is 17.0. The summed E-state index contributed by atoms with van der Waals surface area (Å²) in [5.74, 6) is 0.525. The van der Waals surface area contributed by atoms with Crippen molar-refractivity contribution in [2.45, 2.75) is 37.8 Å². The van der Waals surface area contributed by atoms with Crippen LogP contribution in [-0.2, 0) is 0 Å². The molecule has 4 rings (SSSR count). The van der Waals surface area contributed by atoms with Gasteiger partial charge in [0.15, 0.2) is 5.78 Å². The number of H-pyrrole nitrogens is 1. The molecular formula is C19H20ClN5O. The molecule has 1 fully saturated rings. The normalized spacial score (nSPS) is 20.2. The molecule has 1 aliphatic rings. The highest BCUT2D eigenvalue weighted by Gasteiger charge is 2.23. The van der Waals surface area contributed by atoms with Crippen LogP contribution >= 0.6 is 11.6 Å². The van der Waals surface area contributed by atoms with Crippen LogP contribution in [0.4, 0.5) is 5.82 Å². The molecule has 6 nitrogen and oxygen atoms in total. The predicted molar refractivity (Wildman–Crippen MR) is 103 cm³/mol. The molecule has 0 radical (unpaired) electrons. The van der Waals surface area contributed by atoms with Gasteiger partial charge in [-0.2, -0.15) is 0 Å². The monoisotopic (exact) mass is 369 g/mol. The van der Waals surface area contributed by atoms with Crippen molar-refractivity contribution in [2.24, 2.45) is 5.73 Å². The fraction of sp³-hybridized carbons (Fsp3) is 0.316. The Morgan fingerprint density at radius 1 is 1.15 bits per heavy atom. The first-order valence-corrected chi connectivity index (χ1v) is 9.14. The highest BCUT2D eigenvalue weighted by molar-refractivity contribution is 6.35. The number of nitrogens with one attached hydrogen (secondary N) is 2. The highest BCUT2D eigenvalue weighted by atomic mass is 35.5. The summed E-state index contributed by atoms with van der Waals surface area (Å²) in [6.45, 7) is 0. The number of nitrogens with zero attached hydrogens (tertiary/aromatic N) is 2. The van der Waals surface area contributed by atoms with E-state index in [9.17, 15) is 4.79 Å². The van der Waals surface area contributed by atoms with Gasteiger partial charge in [-0.25, -0.2) is 9.97 Å². The standard InChI is InChI=1S/C19H20ClN5O/c20-15-4-2-1-3-13(15)17(26)14-9-22-18-16(14)19(24-10-23-18)25-12-7-5-11(21)6-8-12/h1-4,9-12H,5-8,21H2,(H2,22,23,24,25)/t11-,12-. The maximum absolute atomic E-state index is 13.0. The van der Waals surface area contributed by atoms with Crippen LogP contribution in [0, 0.1) is 0 Å². The van der Waals surface area contributed by atoms with E-state index in [1.807, 2.05) is 0 Å². The van der Waals surface area contributed by atoms with Crippen LogP contribution in [0.3, 0.4) is 0 Å². The Morgan fingerprint density at radius 2 is 1.92 bits per heavy atom. The number of carbonyl (C=O) groups is 1. The van der Waals surface area contributed by atoms with Crippen LogP contribution in [0.25, 0.3) is 11.0 Å². The molecule has 2 aromatic heterocycles. The van der Waals surface area contributed by atoms with E-state index in [2.05, 4.69) is 20.3 Å². The number of carbonyl (C=O) groups excluding carboxylic acids is 1. The molecule has 0 unspecified atom stereocenters. The van der Waals surface area contributed by atoms with Crippen LogP contribution in [0.5, 0.6) is 0 Å². The van der Waals surface area contributed by atoms with E-state index in [0.29, 0.717) is 39.0 Å². The number of aromatic nitrogens is 3. The van der Waals surface area contributed by atoms with Gasteiger partial charge in [-0.3, -0.25) is 4.79 Å². The van der Waals surface area contributed by atoms with Crippen molar-refractivity contribution in [3.8, 4) is 0 Å². The van der Waals surface area contributed by atoms with Crippen molar-refractivity contribution in [1.29, 1.82) is 0 Å². The molecule has 0 aliphatic heterocycles. The van der Waals surface area contributed by atoms with E-state index in [1.54, 1.807) is 30.5 Å². The molecule has 1 aromatic carbocycles. The van der Waals surface area contributed by atoms with Gasteiger partial charge in [0.1, 0.15) is 17.8 Å². The largest absolute Gasteiger partial charge is 0.367 e. The molecule has 1 saturated carbocycles. The Bertz CT molecular complexity index is 946. The molecule has 0 atom stereocenters. The zero-order chi connectivity index (χ0) is 18.1. The molecule has 0 amide bonds. The van der Waals surface area contributed by atoms with Gasteiger partial charge in [-0.05, 0) is 37.8 Å². The first-order valence-electron chi connectivity index (χ1n) is 8.77. The number of rotatable bonds is 4. The fourth-order valence-electron chi connectivity index (χ4n) is 3.50. The maximum atomic E-state index is 13.0. The van der Waals surface area contributed by atoms with Gasteiger partial charge < -0.3 is 16.0 Å². The smallest absolute Gasteiger partial charge is 0.196 e. The quantitative estimate of drug-likeness (QED) is 0.611.